The topological polar surface area (TPSA) is 77.1 Å². The number of aromatic carboxylic acids is 1. The van der Waals surface area contributed by atoms with Crippen molar-refractivity contribution >= 4 is 17.1 Å². The number of hydrogen-bond acceptors (Lipinski definition) is 3. The number of carboxylic acid groups (broad SMARTS) is 1. The summed E-state index contributed by atoms with van der Waals surface area (Å²) < 4.78 is 3.83. The van der Waals surface area contributed by atoms with E-state index in [-0.39, 0.29) is 17.0 Å². The van der Waals surface area contributed by atoms with Gasteiger partial charge in [0.2, 0.25) is 0 Å². The summed E-state index contributed by atoms with van der Waals surface area (Å²) in [7, 11) is 1.91. The molecule has 6 nitrogen and oxygen atoms in total. The summed E-state index contributed by atoms with van der Waals surface area (Å²) in [6.07, 6.45) is 6.96. The maximum atomic E-state index is 12.6. The van der Waals surface area contributed by atoms with Gasteiger partial charge in [-0.15, -0.1) is 0 Å². The minimum absolute atomic E-state index is 0.0490. The number of benzene rings is 1. The van der Waals surface area contributed by atoms with Crippen LogP contribution in [0.4, 0.5) is 0 Å². The Morgan fingerprint density at radius 3 is 2.55 bits per heavy atom. The number of rotatable bonds is 2. The third-order valence-electron chi connectivity index (χ3n) is 6.59. The van der Waals surface area contributed by atoms with Crippen molar-refractivity contribution in [2.75, 3.05) is 0 Å². The minimum Gasteiger partial charge on any atom is -0.477 e. The molecule has 1 N–H and O–H groups in total. The van der Waals surface area contributed by atoms with Gasteiger partial charge in [0.05, 0.1) is 6.20 Å². The predicted molar refractivity (Wildman–Crippen MR) is 120 cm³/mol. The molecular formula is C25H25N3O3. The Morgan fingerprint density at radius 2 is 1.90 bits per heavy atom. The van der Waals surface area contributed by atoms with E-state index < -0.39 is 11.4 Å². The second-order valence-electron chi connectivity index (χ2n) is 9.60. The molecule has 1 aliphatic heterocycles. The largest absolute Gasteiger partial charge is 0.477 e. The number of fused-ring (bicyclic) bond motifs is 4. The van der Waals surface area contributed by atoms with Crippen LogP contribution < -0.4 is 5.43 Å². The number of pyridine rings is 1. The summed E-state index contributed by atoms with van der Waals surface area (Å²) in [6.45, 7) is 6.48. The molecule has 158 valence electrons. The van der Waals surface area contributed by atoms with Gasteiger partial charge in [-0.3, -0.25) is 9.48 Å². The van der Waals surface area contributed by atoms with Crippen LogP contribution in [0.2, 0.25) is 0 Å². The average molecular weight is 415 g/mol. The summed E-state index contributed by atoms with van der Waals surface area (Å²) in [5.41, 5.74) is 7.21. The van der Waals surface area contributed by atoms with E-state index in [1.54, 1.807) is 10.9 Å². The summed E-state index contributed by atoms with van der Waals surface area (Å²) in [4.78, 5) is 24.3. The number of allylic oxidation sites excluding steroid dienone is 2. The van der Waals surface area contributed by atoms with Crippen molar-refractivity contribution in [1.82, 2.24) is 14.3 Å². The van der Waals surface area contributed by atoms with Gasteiger partial charge in [-0.05, 0) is 39.7 Å². The van der Waals surface area contributed by atoms with Crippen LogP contribution in [-0.2, 0) is 13.5 Å². The molecule has 3 aromatic rings. The van der Waals surface area contributed by atoms with Gasteiger partial charge >= 0.3 is 5.97 Å². The van der Waals surface area contributed by atoms with Gasteiger partial charge < -0.3 is 9.67 Å². The lowest BCUT2D eigenvalue weighted by Crippen LogP contribution is -2.32. The quantitative estimate of drug-likeness (QED) is 0.673. The van der Waals surface area contributed by atoms with Gasteiger partial charge in [-0.25, -0.2) is 4.79 Å². The third-order valence-corrected chi connectivity index (χ3v) is 6.59. The van der Waals surface area contributed by atoms with Crippen molar-refractivity contribution in [3.05, 3.63) is 75.5 Å². The van der Waals surface area contributed by atoms with Crippen molar-refractivity contribution in [2.45, 2.75) is 39.7 Å². The Bertz CT molecular complexity index is 1330. The number of aryl methyl sites for hydroxylation is 1. The fourth-order valence-electron chi connectivity index (χ4n) is 5.04. The molecule has 0 spiro atoms. The van der Waals surface area contributed by atoms with E-state index >= 15 is 0 Å². The Hall–Kier alpha value is -3.41. The first-order valence-electron chi connectivity index (χ1n) is 10.5. The molecular weight excluding hydrogens is 390 g/mol. The fraction of sp³-hybridized carbons (Fsp3) is 0.320. The van der Waals surface area contributed by atoms with E-state index in [1.165, 1.54) is 22.8 Å². The van der Waals surface area contributed by atoms with Crippen LogP contribution >= 0.6 is 0 Å². The molecule has 3 heterocycles. The zero-order valence-corrected chi connectivity index (χ0v) is 18.1. The second kappa shape index (κ2) is 6.54. The molecule has 0 bridgehead atoms. The van der Waals surface area contributed by atoms with Gasteiger partial charge in [0.1, 0.15) is 5.56 Å². The molecule has 0 saturated heterocycles. The van der Waals surface area contributed by atoms with Crippen LogP contribution in [0.1, 0.15) is 60.4 Å². The zero-order valence-electron chi connectivity index (χ0n) is 18.1. The monoisotopic (exact) mass is 415 g/mol. The fourth-order valence-corrected chi connectivity index (χ4v) is 5.04. The molecule has 6 heteroatoms. The Labute approximate surface area is 180 Å². The molecule has 2 aliphatic rings. The highest BCUT2D eigenvalue weighted by Crippen LogP contribution is 2.51. The molecule has 1 atom stereocenters. The summed E-state index contributed by atoms with van der Waals surface area (Å²) >= 11 is 0. The van der Waals surface area contributed by atoms with Gasteiger partial charge in [0.15, 0.2) is 5.43 Å². The lowest BCUT2D eigenvalue weighted by atomic mass is 9.78. The molecule has 0 radical (unpaired) electrons. The summed E-state index contributed by atoms with van der Waals surface area (Å²) in [5.74, 6) is -1.18. The maximum Gasteiger partial charge on any atom is 0.341 e. The Morgan fingerprint density at radius 1 is 1.16 bits per heavy atom. The second-order valence-corrected chi connectivity index (χ2v) is 9.60. The van der Waals surface area contributed by atoms with E-state index in [2.05, 4.69) is 44.1 Å². The molecule has 1 aliphatic carbocycles. The first-order chi connectivity index (χ1) is 14.6. The number of carbonyl (C=O) groups is 1. The van der Waals surface area contributed by atoms with Crippen molar-refractivity contribution in [1.29, 1.82) is 0 Å². The molecule has 0 unspecified atom stereocenters. The molecule has 2 aromatic heterocycles. The first-order valence-corrected chi connectivity index (χ1v) is 10.5. The lowest BCUT2D eigenvalue weighted by Gasteiger charge is -2.39. The van der Waals surface area contributed by atoms with E-state index in [1.807, 2.05) is 24.0 Å². The van der Waals surface area contributed by atoms with Crippen LogP contribution in [0.15, 0.2) is 47.7 Å². The standard InChI is InChI=1S/C25H25N3O3/c1-25(2,3)23-9-18-16-7-5-6-15(14-11-26-27(4)12-14)17(16)8-19(18)21-10-22(29)20(24(30)31)13-28(21)23/h5-7,10-13,23H,8-9H2,1-4H3,(H,30,31)/t23-/m0/s1. The van der Waals surface area contributed by atoms with Crippen LogP contribution in [0.25, 0.3) is 22.3 Å². The average Bonchev–Trinajstić information content (AvgIpc) is 3.29. The van der Waals surface area contributed by atoms with E-state index in [0.717, 1.165) is 35.2 Å². The molecule has 5 rings (SSSR count). The van der Waals surface area contributed by atoms with Crippen LogP contribution in [0.5, 0.6) is 0 Å². The highest BCUT2D eigenvalue weighted by atomic mass is 16.4. The molecule has 0 saturated carbocycles. The van der Waals surface area contributed by atoms with E-state index in [9.17, 15) is 14.7 Å². The van der Waals surface area contributed by atoms with Crippen LogP contribution in [0.3, 0.4) is 0 Å². The van der Waals surface area contributed by atoms with Gasteiger partial charge in [0, 0.05) is 49.2 Å². The van der Waals surface area contributed by atoms with Crippen LogP contribution in [-0.4, -0.2) is 25.4 Å². The number of hydrogen-bond donors (Lipinski definition) is 1. The highest BCUT2D eigenvalue weighted by molar-refractivity contribution is 6.00. The maximum absolute atomic E-state index is 12.6. The molecule has 0 fully saturated rings. The predicted octanol–water partition coefficient (Wildman–Crippen LogP) is 4.40. The third kappa shape index (κ3) is 2.97. The lowest BCUT2D eigenvalue weighted by molar-refractivity contribution is 0.0693. The molecule has 0 amide bonds. The first kappa shape index (κ1) is 19.5. The summed E-state index contributed by atoms with van der Waals surface area (Å²) in [5, 5.41) is 13.8. The van der Waals surface area contributed by atoms with Gasteiger partial charge in [-0.1, -0.05) is 39.0 Å². The number of nitrogens with zero attached hydrogens (tertiary/aromatic N) is 3. The highest BCUT2D eigenvalue weighted by Gasteiger charge is 2.38. The van der Waals surface area contributed by atoms with Crippen molar-refractivity contribution in [3.63, 3.8) is 0 Å². The number of aromatic nitrogens is 3. The SMILES string of the molecule is Cn1cc(-c2cccc3c2CC2=C3C[C@@H](C(C)(C)C)n3cc(C(=O)O)c(=O)cc32)cn1. The van der Waals surface area contributed by atoms with Crippen molar-refractivity contribution < 1.29 is 9.90 Å². The van der Waals surface area contributed by atoms with Crippen LogP contribution in [0, 0.1) is 5.41 Å². The summed E-state index contributed by atoms with van der Waals surface area (Å²) in [6, 6.07) is 7.94. The van der Waals surface area contributed by atoms with E-state index in [0.29, 0.717) is 0 Å². The minimum atomic E-state index is -1.18. The Kier molecular flexibility index (Phi) is 4.13. The van der Waals surface area contributed by atoms with E-state index in [4.69, 9.17) is 0 Å². The smallest absolute Gasteiger partial charge is 0.341 e. The van der Waals surface area contributed by atoms with Gasteiger partial charge in [0.25, 0.3) is 0 Å². The molecule has 31 heavy (non-hydrogen) atoms. The van der Waals surface area contributed by atoms with Gasteiger partial charge in [-0.2, -0.15) is 5.10 Å². The van der Waals surface area contributed by atoms with Crippen molar-refractivity contribution in [3.8, 4) is 11.1 Å². The zero-order chi connectivity index (χ0) is 22.1. The number of carboxylic acids is 1. The Balaban J connectivity index is 1.72. The molecule has 1 aromatic carbocycles. The normalized spacial score (nSPS) is 17.4. The van der Waals surface area contributed by atoms with Crippen molar-refractivity contribution in [2.24, 2.45) is 12.5 Å².